The second kappa shape index (κ2) is 9.03. The zero-order chi connectivity index (χ0) is 26.4. The lowest BCUT2D eigenvalue weighted by Gasteiger charge is -2.24. The van der Waals surface area contributed by atoms with E-state index in [1.165, 1.54) is 6.07 Å². The quantitative estimate of drug-likeness (QED) is 0.156. The van der Waals surface area contributed by atoms with E-state index in [9.17, 15) is 14.4 Å². The molecule has 7 nitrogen and oxygen atoms in total. The highest BCUT2D eigenvalue weighted by atomic mass is 16.5. The molecule has 190 valence electrons. The highest BCUT2D eigenvalue weighted by molar-refractivity contribution is 6.23. The predicted octanol–water partition coefficient (Wildman–Crippen LogP) is 5.82. The summed E-state index contributed by atoms with van der Waals surface area (Å²) in [6.07, 6.45) is -0.0315. The van der Waals surface area contributed by atoms with Crippen LogP contribution < -0.4 is 15.3 Å². The number of fused-ring (bicyclic) bond motifs is 3. The Hall–Kier alpha value is -4.65. The fraction of sp³-hybridized carbons (Fsp3) is 0.194. The van der Waals surface area contributed by atoms with E-state index in [4.69, 9.17) is 13.6 Å². The van der Waals surface area contributed by atoms with E-state index in [1.807, 2.05) is 38.1 Å². The Kier molecular flexibility index (Phi) is 5.64. The predicted molar refractivity (Wildman–Crippen MR) is 144 cm³/mol. The second-order valence-corrected chi connectivity index (χ2v) is 9.36. The van der Waals surface area contributed by atoms with Gasteiger partial charge < -0.3 is 18.5 Å². The van der Waals surface area contributed by atoms with Gasteiger partial charge in [0.25, 0.3) is 0 Å². The number of carbonyl (C=O) groups excluding carboxylic acids is 2. The molecule has 0 fully saturated rings. The van der Waals surface area contributed by atoms with Crippen molar-refractivity contribution < 1.29 is 23.2 Å². The third-order valence-corrected chi connectivity index (χ3v) is 7.17. The molecule has 0 amide bonds. The van der Waals surface area contributed by atoms with Gasteiger partial charge in [0.2, 0.25) is 17.2 Å². The smallest absolute Gasteiger partial charge is 0.347 e. The number of ether oxygens (including phenoxy) is 1. The summed E-state index contributed by atoms with van der Waals surface area (Å²) in [5, 5.41) is 1.30. The van der Waals surface area contributed by atoms with E-state index in [0.717, 1.165) is 24.2 Å². The summed E-state index contributed by atoms with van der Waals surface area (Å²) >= 11 is 0. The van der Waals surface area contributed by atoms with Gasteiger partial charge >= 0.3 is 5.63 Å². The Morgan fingerprint density at radius 2 is 1.55 bits per heavy atom. The van der Waals surface area contributed by atoms with Gasteiger partial charge in [0, 0.05) is 42.0 Å². The third kappa shape index (κ3) is 3.70. The molecule has 0 saturated heterocycles. The third-order valence-electron chi connectivity index (χ3n) is 7.17. The van der Waals surface area contributed by atoms with Crippen molar-refractivity contribution in [3.63, 3.8) is 0 Å². The van der Waals surface area contributed by atoms with Crippen molar-refractivity contribution in [1.29, 1.82) is 0 Å². The van der Waals surface area contributed by atoms with Gasteiger partial charge in [-0.05, 0) is 55.8 Å². The van der Waals surface area contributed by atoms with Crippen LogP contribution in [0, 0.1) is 0 Å². The van der Waals surface area contributed by atoms with Crippen LogP contribution in [0.25, 0.3) is 21.9 Å². The summed E-state index contributed by atoms with van der Waals surface area (Å²) in [4.78, 5) is 43.5. The van der Waals surface area contributed by atoms with Crippen LogP contribution in [0.4, 0.5) is 5.69 Å². The Labute approximate surface area is 218 Å². The molecular weight excluding hydrogens is 482 g/mol. The van der Waals surface area contributed by atoms with Crippen LogP contribution in [0.5, 0.6) is 5.75 Å². The lowest BCUT2D eigenvalue weighted by molar-refractivity contribution is 0.0431. The van der Waals surface area contributed by atoms with Crippen molar-refractivity contribution in [2.45, 2.75) is 25.9 Å². The first-order valence-electron chi connectivity index (χ1n) is 12.6. The SMILES string of the molecule is CCN(CC)c1ccc2cc(C(=O)C3(C(=O)c4cc5ccccc5o4)Cc4ccccc4O3)c(=O)oc2c1. The summed E-state index contributed by atoms with van der Waals surface area (Å²) in [7, 11) is 0. The van der Waals surface area contributed by atoms with Crippen LogP contribution >= 0.6 is 0 Å². The molecule has 6 rings (SSSR count). The molecule has 5 aromatic rings. The van der Waals surface area contributed by atoms with Crippen LogP contribution in [0.15, 0.2) is 92.5 Å². The lowest BCUT2D eigenvalue weighted by atomic mass is 9.84. The zero-order valence-corrected chi connectivity index (χ0v) is 21.0. The summed E-state index contributed by atoms with van der Waals surface area (Å²) in [5.74, 6) is -1.00. The average molecular weight is 508 g/mol. The molecule has 1 unspecified atom stereocenters. The Morgan fingerprint density at radius 3 is 2.32 bits per heavy atom. The second-order valence-electron chi connectivity index (χ2n) is 9.36. The molecule has 1 atom stereocenters. The summed E-state index contributed by atoms with van der Waals surface area (Å²) < 4.78 is 17.6. The Morgan fingerprint density at radius 1 is 0.816 bits per heavy atom. The van der Waals surface area contributed by atoms with Gasteiger partial charge in [-0.15, -0.1) is 0 Å². The number of benzene rings is 3. The number of hydrogen-bond acceptors (Lipinski definition) is 7. The average Bonchev–Trinajstić information content (AvgIpc) is 3.55. The molecule has 1 aliphatic heterocycles. The minimum Gasteiger partial charge on any atom is -0.470 e. The lowest BCUT2D eigenvalue weighted by Crippen LogP contribution is -2.52. The number of carbonyl (C=O) groups is 2. The monoisotopic (exact) mass is 507 g/mol. The fourth-order valence-corrected chi connectivity index (χ4v) is 5.15. The molecule has 0 aliphatic carbocycles. The molecule has 1 aliphatic rings. The van der Waals surface area contributed by atoms with E-state index in [1.54, 1.807) is 48.5 Å². The van der Waals surface area contributed by atoms with Crippen molar-refractivity contribution in [3.05, 3.63) is 106 Å². The molecule has 3 heterocycles. The van der Waals surface area contributed by atoms with Gasteiger partial charge in [0.1, 0.15) is 22.5 Å². The maximum absolute atomic E-state index is 14.1. The summed E-state index contributed by atoms with van der Waals surface area (Å²) in [6.45, 7) is 5.69. The number of anilines is 1. The van der Waals surface area contributed by atoms with Gasteiger partial charge in [0.05, 0.1) is 0 Å². The molecule has 38 heavy (non-hydrogen) atoms. The standard InChI is InChI=1S/C31H25NO6/c1-3-32(4-2)22-14-13-20-15-23(30(35)37-26(20)17-22)28(33)31(18-21-10-6-8-12-25(21)38-31)29(34)27-16-19-9-5-7-11-24(19)36-27/h5-17H,3-4,18H2,1-2H3. The van der Waals surface area contributed by atoms with Gasteiger partial charge in [-0.1, -0.05) is 36.4 Å². The number of ketones is 2. The van der Waals surface area contributed by atoms with Crippen molar-refractivity contribution in [2.75, 3.05) is 18.0 Å². The van der Waals surface area contributed by atoms with Crippen LogP contribution in [0.1, 0.15) is 40.3 Å². The number of nitrogens with zero attached hydrogens (tertiary/aromatic N) is 1. The largest absolute Gasteiger partial charge is 0.470 e. The molecule has 0 spiro atoms. The van der Waals surface area contributed by atoms with Gasteiger partial charge in [0.15, 0.2) is 5.76 Å². The maximum Gasteiger partial charge on any atom is 0.347 e. The van der Waals surface area contributed by atoms with E-state index in [2.05, 4.69) is 4.90 Å². The highest BCUT2D eigenvalue weighted by Gasteiger charge is 2.55. The van der Waals surface area contributed by atoms with Crippen LogP contribution in [0.3, 0.4) is 0 Å². The summed E-state index contributed by atoms with van der Waals surface area (Å²) in [5.41, 5.74) is -0.579. The maximum atomic E-state index is 14.1. The van der Waals surface area contributed by atoms with Crippen molar-refractivity contribution in [1.82, 2.24) is 0 Å². The first-order valence-corrected chi connectivity index (χ1v) is 12.6. The minimum atomic E-state index is -2.00. The van der Waals surface area contributed by atoms with Gasteiger partial charge in [-0.2, -0.15) is 0 Å². The zero-order valence-electron chi connectivity index (χ0n) is 21.0. The molecule has 3 aromatic carbocycles. The van der Waals surface area contributed by atoms with E-state index >= 15 is 0 Å². The van der Waals surface area contributed by atoms with Crippen molar-refractivity contribution in [3.8, 4) is 5.75 Å². The number of rotatable bonds is 7. The first-order chi connectivity index (χ1) is 18.4. The van der Waals surface area contributed by atoms with Crippen molar-refractivity contribution >= 4 is 39.2 Å². The van der Waals surface area contributed by atoms with Gasteiger partial charge in [-0.25, -0.2) is 4.79 Å². The Balaban J connectivity index is 1.47. The highest BCUT2D eigenvalue weighted by Crippen LogP contribution is 2.40. The number of para-hydroxylation sites is 2. The number of hydrogen-bond donors (Lipinski definition) is 0. The molecule has 0 radical (unpaired) electrons. The van der Waals surface area contributed by atoms with Crippen molar-refractivity contribution in [2.24, 2.45) is 0 Å². The van der Waals surface area contributed by atoms with Crippen LogP contribution in [0.2, 0.25) is 0 Å². The normalized spacial score (nSPS) is 16.4. The van der Waals surface area contributed by atoms with Gasteiger partial charge in [-0.3, -0.25) is 9.59 Å². The molecule has 0 bridgehead atoms. The van der Waals surface area contributed by atoms with Crippen LogP contribution in [-0.2, 0) is 6.42 Å². The molecule has 7 heteroatoms. The molecule has 0 saturated carbocycles. The first kappa shape index (κ1) is 23.7. The minimum absolute atomic E-state index is 0.0126. The van der Waals surface area contributed by atoms with E-state index in [-0.39, 0.29) is 17.7 Å². The summed E-state index contributed by atoms with van der Waals surface area (Å²) in [6, 6.07) is 22.9. The van der Waals surface area contributed by atoms with E-state index in [0.29, 0.717) is 27.9 Å². The van der Waals surface area contributed by atoms with Crippen LogP contribution in [-0.4, -0.2) is 30.3 Å². The molecule has 2 aromatic heterocycles. The molecule has 0 N–H and O–H groups in total. The topological polar surface area (TPSA) is 90.0 Å². The fourth-order valence-electron chi connectivity index (χ4n) is 5.15. The Bertz CT molecular complexity index is 1720. The number of Topliss-reactive ketones (excluding diaryl/α,β-unsaturated/α-hetero) is 2. The molecular formula is C31H25NO6. The number of furan rings is 1. The van der Waals surface area contributed by atoms with E-state index < -0.39 is 22.8 Å².